The molecule has 1 unspecified atom stereocenters. The Labute approximate surface area is 98.4 Å². The van der Waals surface area contributed by atoms with Crippen LogP contribution in [0.25, 0.3) is 0 Å². The summed E-state index contributed by atoms with van der Waals surface area (Å²) in [7, 11) is 0. The van der Waals surface area contributed by atoms with Gasteiger partial charge in [-0.1, -0.05) is 32.8 Å². The van der Waals surface area contributed by atoms with Gasteiger partial charge >= 0.3 is 0 Å². The van der Waals surface area contributed by atoms with Crippen molar-refractivity contribution in [2.24, 2.45) is 11.8 Å². The maximum Gasteiger partial charge on any atom is 0.0300 e. The smallest absolute Gasteiger partial charge is 0.0300 e. The standard InChI is InChI=1S/C13H23N3/c1-11(2)5-3-7-13(16-14)9-12-6-4-8-15-10-12/h4,6,8,10-11,13,16H,3,5,7,9,14H2,1-2H3. The molecule has 0 amide bonds. The number of rotatable bonds is 7. The SMILES string of the molecule is CC(C)CCCC(Cc1cccnc1)NN. The Hall–Kier alpha value is -0.930. The topological polar surface area (TPSA) is 50.9 Å². The number of hydrogen-bond donors (Lipinski definition) is 2. The Morgan fingerprint density at radius 3 is 2.75 bits per heavy atom. The molecule has 3 nitrogen and oxygen atoms in total. The average molecular weight is 221 g/mol. The molecular formula is C13H23N3. The Balaban J connectivity index is 2.32. The summed E-state index contributed by atoms with van der Waals surface area (Å²) in [5, 5.41) is 0. The van der Waals surface area contributed by atoms with Crippen LogP contribution in [0.2, 0.25) is 0 Å². The zero-order chi connectivity index (χ0) is 11.8. The van der Waals surface area contributed by atoms with Crippen LogP contribution in [0.5, 0.6) is 0 Å². The van der Waals surface area contributed by atoms with Gasteiger partial charge in [-0.15, -0.1) is 0 Å². The predicted molar refractivity (Wildman–Crippen MR) is 67.7 cm³/mol. The van der Waals surface area contributed by atoms with Gasteiger partial charge in [0.1, 0.15) is 0 Å². The van der Waals surface area contributed by atoms with Crippen molar-refractivity contribution >= 4 is 0 Å². The van der Waals surface area contributed by atoms with Gasteiger partial charge in [-0.2, -0.15) is 0 Å². The molecule has 0 spiro atoms. The lowest BCUT2D eigenvalue weighted by molar-refractivity contribution is 0.441. The molecule has 0 aromatic carbocycles. The molecule has 1 atom stereocenters. The van der Waals surface area contributed by atoms with Crippen LogP contribution in [-0.4, -0.2) is 11.0 Å². The lowest BCUT2D eigenvalue weighted by Gasteiger charge is -2.16. The summed E-state index contributed by atoms with van der Waals surface area (Å²) in [6, 6.07) is 4.43. The van der Waals surface area contributed by atoms with Gasteiger partial charge in [-0.25, -0.2) is 0 Å². The number of nitrogens with one attached hydrogen (secondary N) is 1. The number of nitrogens with zero attached hydrogens (tertiary/aromatic N) is 1. The quantitative estimate of drug-likeness (QED) is 0.548. The molecule has 1 aromatic heterocycles. The van der Waals surface area contributed by atoms with E-state index in [-0.39, 0.29) is 0 Å². The fraction of sp³-hybridized carbons (Fsp3) is 0.615. The second kappa shape index (κ2) is 7.36. The Morgan fingerprint density at radius 1 is 1.38 bits per heavy atom. The van der Waals surface area contributed by atoms with Crippen molar-refractivity contribution in [1.29, 1.82) is 0 Å². The van der Waals surface area contributed by atoms with E-state index in [9.17, 15) is 0 Å². The molecule has 0 aliphatic rings. The normalized spacial score (nSPS) is 13.0. The minimum Gasteiger partial charge on any atom is -0.271 e. The van der Waals surface area contributed by atoms with E-state index in [1.165, 1.54) is 18.4 Å². The zero-order valence-electron chi connectivity index (χ0n) is 10.3. The first-order valence-electron chi connectivity index (χ1n) is 6.07. The van der Waals surface area contributed by atoms with Crippen LogP contribution in [-0.2, 0) is 6.42 Å². The van der Waals surface area contributed by atoms with Gasteiger partial charge in [0.25, 0.3) is 0 Å². The molecule has 0 aliphatic heterocycles. The number of nitrogens with two attached hydrogens (primary N) is 1. The minimum atomic E-state index is 0.364. The van der Waals surface area contributed by atoms with Gasteiger partial charge < -0.3 is 0 Å². The second-order valence-corrected chi connectivity index (χ2v) is 4.75. The van der Waals surface area contributed by atoms with Crippen molar-refractivity contribution in [2.45, 2.75) is 45.6 Å². The molecule has 1 heterocycles. The number of hydrogen-bond acceptors (Lipinski definition) is 3. The lowest BCUT2D eigenvalue weighted by atomic mass is 9.99. The second-order valence-electron chi connectivity index (χ2n) is 4.75. The zero-order valence-corrected chi connectivity index (χ0v) is 10.3. The summed E-state index contributed by atoms with van der Waals surface area (Å²) < 4.78 is 0. The molecule has 0 bridgehead atoms. The van der Waals surface area contributed by atoms with Crippen molar-refractivity contribution in [3.8, 4) is 0 Å². The summed E-state index contributed by atoms with van der Waals surface area (Å²) in [5.74, 6) is 6.34. The highest BCUT2D eigenvalue weighted by molar-refractivity contribution is 5.09. The van der Waals surface area contributed by atoms with E-state index >= 15 is 0 Å². The molecular weight excluding hydrogens is 198 g/mol. The molecule has 0 saturated heterocycles. The van der Waals surface area contributed by atoms with Crippen molar-refractivity contribution in [3.05, 3.63) is 30.1 Å². The lowest BCUT2D eigenvalue weighted by Crippen LogP contribution is -2.36. The van der Waals surface area contributed by atoms with Crippen LogP contribution >= 0.6 is 0 Å². The van der Waals surface area contributed by atoms with Crippen molar-refractivity contribution in [2.75, 3.05) is 0 Å². The molecule has 16 heavy (non-hydrogen) atoms. The van der Waals surface area contributed by atoms with E-state index < -0.39 is 0 Å². The van der Waals surface area contributed by atoms with Crippen molar-refractivity contribution in [1.82, 2.24) is 10.4 Å². The van der Waals surface area contributed by atoms with E-state index in [1.54, 1.807) is 6.20 Å². The number of hydrazine groups is 1. The maximum atomic E-state index is 5.57. The van der Waals surface area contributed by atoms with E-state index in [4.69, 9.17) is 5.84 Å². The van der Waals surface area contributed by atoms with E-state index in [1.807, 2.05) is 12.3 Å². The third-order valence-corrected chi connectivity index (χ3v) is 2.77. The Morgan fingerprint density at radius 2 is 2.19 bits per heavy atom. The van der Waals surface area contributed by atoms with E-state index in [2.05, 4.69) is 30.3 Å². The first-order chi connectivity index (χ1) is 7.72. The Bertz CT molecular complexity index is 272. The molecule has 3 N–H and O–H groups in total. The summed E-state index contributed by atoms with van der Waals surface area (Å²) in [5.41, 5.74) is 4.14. The van der Waals surface area contributed by atoms with Crippen LogP contribution < -0.4 is 11.3 Å². The average Bonchev–Trinajstić information content (AvgIpc) is 2.28. The van der Waals surface area contributed by atoms with Gasteiger partial charge in [0.2, 0.25) is 0 Å². The monoisotopic (exact) mass is 221 g/mol. The van der Waals surface area contributed by atoms with Gasteiger partial charge in [0.05, 0.1) is 0 Å². The van der Waals surface area contributed by atoms with Crippen LogP contribution in [0, 0.1) is 5.92 Å². The van der Waals surface area contributed by atoms with Crippen LogP contribution in [0.3, 0.4) is 0 Å². The van der Waals surface area contributed by atoms with E-state index in [0.29, 0.717) is 6.04 Å². The molecule has 1 rings (SSSR count). The van der Waals surface area contributed by atoms with Crippen LogP contribution in [0.4, 0.5) is 0 Å². The largest absolute Gasteiger partial charge is 0.271 e. The molecule has 0 fully saturated rings. The predicted octanol–water partition coefficient (Wildman–Crippen LogP) is 2.28. The van der Waals surface area contributed by atoms with Gasteiger partial charge in [-0.3, -0.25) is 16.3 Å². The third kappa shape index (κ3) is 5.24. The fourth-order valence-electron chi connectivity index (χ4n) is 1.82. The molecule has 3 heteroatoms. The molecule has 0 aliphatic carbocycles. The number of pyridine rings is 1. The highest BCUT2D eigenvalue weighted by Gasteiger charge is 2.07. The first-order valence-corrected chi connectivity index (χ1v) is 6.07. The fourth-order valence-corrected chi connectivity index (χ4v) is 1.82. The van der Waals surface area contributed by atoms with Crippen molar-refractivity contribution < 1.29 is 0 Å². The molecule has 0 radical (unpaired) electrons. The summed E-state index contributed by atoms with van der Waals surface area (Å²) in [6.07, 6.45) is 8.30. The maximum absolute atomic E-state index is 5.57. The first kappa shape index (κ1) is 13.1. The summed E-state index contributed by atoms with van der Waals surface area (Å²) in [4.78, 5) is 4.11. The molecule has 90 valence electrons. The van der Waals surface area contributed by atoms with Gasteiger partial charge in [0, 0.05) is 18.4 Å². The molecule has 0 saturated carbocycles. The summed E-state index contributed by atoms with van der Waals surface area (Å²) in [6.45, 7) is 4.51. The van der Waals surface area contributed by atoms with Gasteiger partial charge in [-0.05, 0) is 30.4 Å². The van der Waals surface area contributed by atoms with Crippen LogP contribution in [0.15, 0.2) is 24.5 Å². The third-order valence-electron chi connectivity index (χ3n) is 2.77. The van der Waals surface area contributed by atoms with Crippen LogP contribution in [0.1, 0.15) is 38.7 Å². The van der Waals surface area contributed by atoms with Gasteiger partial charge in [0.15, 0.2) is 0 Å². The minimum absolute atomic E-state index is 0.364. The number of aromatic nitrogens is 1. The molecule has 1 aromatic rings. The van der Waals surface area contributed by atoms with Crippen molar-refractivity contribution in [3.63, 3.8) is 0 Å². The summed E-state index contributed by atoms with van der Waals surface area (Å²) >= 11 is 0. The highest BCUT2D eigenvalue weighted by atomic mass is 15.2. The Kier molecular flexibility index (Phi) is 6.04. The van der Waals surface area contributed by atoms with E-state index in [0.717, 1.165) is 18.8 Å². The highest BCUT2D eigenvalue weighted by Crippen LogP contribution is 2.11.